The molecule has 0 radical (unpaired) electrons. The van der Waals surface area contributed by atoms with Crippen molar-refractivity contribution in [3.05, 3.63) is 128 Å². The third kappa shape index (κ3) is 9.04. The van der Waals surface area contributed by atoms with Gasteiger partial charge in [-0.15, -0.1) is 0 Å². The van der Waals surface area contributed by atoms with Crippen molar-refractivity contribution in [3.63, 3.8) is 0 Å². The van der Waals surface area contributed by atoms with E-state index in [2.05, 4.69) is 85.8 Å². The number of nitrogens with one attached hydrogen (secondary N) is 2. The van der Waals surface area contributed by atoms with E-state index in [1.165, 1.54) is 12.7 Å². The van der Waals surface area contributed by atoms with Gasteiger partial charge in [0.2, 0.25) is 0 Å². The average molecular weight is 999 g/mol. The SMILES string of the molecule is C[C@H](CN(C)C)Oc1cc(N2Cc3cncn3C(CN(C)C[C@@H](C)Oc3cc(N4C5COCC4C5)cc4ncnc(Nc5ccc6ncccc6c5F)c34)C2)cc2ncnc(Nc3ccc4ncccc4c3F)c12. The first-order valence-corrected chi connectivity index (χ1v) is 25.0. The molecular weight excluding hydrogens is 943 g/mol. The number of imidazole rings is 1. The van der Waals surface area contributed by atoms with Gasteiger partial charge in [-0.2, -0.15) is 0 Å². The predicted octanol–water partition coefficient (Wildman–Crippen LogP) is 8.90. The van der Waals surface area contributed by atoms with E-state index in [0.29, 0.717) is 113 Å². The zero-order valence-electron chi connectivity index (χ0n) is 41.8. The molecule has 12 rings (SSSR count). The Balaban J connectivity index is 0.816. The fourth-order valence-electron chi connectivity index (χ4n) is 11.1. The van der Waals surface area contributed by atoms with Crippen LogP contribution < -0.4 is 29.9 Å². The number of hydrogen-bond donors (Lipinski definition) is 2. The minimum absolute atomic E-state index is 0.00707. The molecule has 4 aromatic carbocycles. The highest BCUT2D eigenvalue weighted by molar-refractivity contribution is 6.00. The Morgan fingerprint density at radius 1 is 0.703 bits per heavy atom. The van der Waals surface area contributed by atoms with Gasteiger partial charge in [0.25, 0.3) is 0 Å². The van der Waals surface area contributed by atoms with Gasteiger partial charge in [-0.1, -0.05) is 0 Å². The molecule has 3 aliphatic heterocycles. The van der Waals surface area contributed by atoms with Crippen molar-refractivity contribution in [2.24, 2.45) is 0 Å². The number of nitrogens with zero attached hydrogens (tertiary/aromatic N) is 12. The second-order valence-electron chi connectivity index (χ2n) is 20.0. The van der Waals surface area contributed by atoms with Gasteiger partial charge in [0.1, 0.15) is 48.0 Å². The number of hydrogen-bond acceptors (Lipinski definition) is 16. The van der Waals surface area contributed by atoms with Crippen LogP contribution in [0.5, 0.6) is 11.5 Å². The average Bonchev–Trinajstić information content (AvgIpc) is 3.88. The van der Waals surface area contributed by atoms with E-state index in [9.17, 15) is 0 Å². The number of pyridine rings is 2. The van der Waals surface area contributed by atoms with E-state index in [1.807, 2.05) is 45.7 Å². The van der Waals surface area contributed by atoms with Crippen LogP contribution in [-0.4, -0.2) is 134 Å². The summed E-state index contributed by atoms with van der Waals surface area (Å²) in [6, 6.07) is 22.6. The lowest BCUT2D eigenvalue weighted by Crippen LogP contribution is -2.64. The van der Waals surface area contributed by atoms with Gasteiger partial charge in [0.15, 0.2) is 11.6 Å². The number of likely N-dealkylation sites (N-methyl/N-ethyl adjacent to an activating group) is 2. The van der Waals surface area contributed by atoms with Gasteiger partial charge in [-0.3, -0.25) is 9.97 Å². The molecule has 19 heteroatoms. The molecule has 17 nitrogen and oxygen atoms in total. The molecule has 5 aromatic heterocycles. The van der Waals surface area contributed by atoms with Crippen molar-refractivity contribution >= 4 is 78.0 Å². The van der Waals surface area contributed by atoms with Crippen molar-refractivity contribution < 1.29 is 23.0 Å². The van der Waals surface area contributed by atoms with Crippen LogP contribution in [0.1, 0.15) is 32.0 Å². The fraction of sp³-hybridized carbons (Fsp3) is 0.327. The lowest BCUT2D eigenvalue weighted by Gasteiger charge is -2.53. The van der Waals surface area contributed by atoms with Crippen LogP contribution in [-0.2, 0) is 11.3 Å². The maximum atomic E-state index is 16.0. The first-order chi connectivity index (χ1) is 36.0. The van der Waals surface area contributed by atoms with Crippen LogP contribution in [0.2, 0.25) is 0 Å². The predicted molar refractivity (Wildman–Crippen MR) is 283 cm³/mol. The lowest BCUT2D eigenvalue weighted by atomic mass is 9.90. The van der Waals surface area contributed by atoms with Crippen LogP contribution in [0.15, 0.2) is 110 Å². The Morgan fingerprint density at radius 2 is 1.28 bits per heavy atom. The molecule has 378 valence electrons. The number of benzene rings is 4. The van der Waals surface area contributed by atoms with E-state index < -0.39 is 11.6 Å². The fourth-order valence-corrected chi connectivity index (χ4v) is 11.1. The van der Waals surface area contributed by atoms with Crippen LogP contribution in [0, 0.1) is 11.6 Å². The smallest absolute Gasteiger partial charge is 0.156 e. The van der Waals surface area contributed by atoms with Gasteiger partial charge in [-0.25, -0.2) is 33.7 Å². The molecule has 5 atom stereocenters. The number of morpholine rings is 1. The quantitative estimate of drug-likeness (QED) is 0.0944. The van der Waals surface area contributed by atoms with Gasteiger partial charge in [0, 0.05) is 79.0 Å². The van der Waals surface area contributed by atoms with E-state index in [1.54, 1.807) is 60.9 Å². The van der Waals surface area contributed by atoms with Crippen LogP contribution in [0.4, 0.5) is 43.2 Å². The molecule has 2 saturated heterocycles. The van der Waals surface area contributed by atoms with Gasteiger partial charge in [0.05, 0.1) is 94.1 Å². The summed E-state index contributed by atoms with van der Waals surface area (Å²) in [6.45, 7) is 8.63. The number of ether oxygens (including phenoxy) is 3. The van der Waals surface area contributed by atoms with Gasteiger partial charge in [-0.05, 0) is 102 Å². The zero-order valence-corrected chi connectivity index (χ0v) is 41.8. The molecule has 0 saturated carbocycles. The normalized spacial score (nSPS) is 18.3. The summed E-state index contributed by atoms with van der Waals surface area (Å²) in [7, 11) is 6.12. The molecule has 2 N–H and O–H groups in total. The Labute approximate surface area is 426 Å². The summed E-state index contributed by atoms with van der Waals surface area (Å²) in [5, 5.41) is 8.67. The Hall–Kier alpha value is -7.87. The van der Waals surface area contributed by atoms with E-state index in [-0.39, 0.29) is 41.7 Å². The van der Waals surface area contributed by atoms with Crippen molar-refractivity contribution in [3.8, 4) is 11.5 Å². The minimum atomic E-state index is -0.420. The Bertz CT molecular complexity index is 3550. The number of aromatic nitrogens is 8. The maximum absolute atomic E-state index is 16.0. The highest BCUT2D eigenvalue weighted by atomic mass is 19.1. The molecule has 0 amide bonds. The van der Waals surface area contributed by atoms with E-state index >= 15 is 8.78 Å². The van der Waals surface area contributed by atoms with Gasteiger partial charge >= 0.3 is 0 Å². The number of anilines is 6. The molecule has 0 aliphatic carbocycles. The molecule has 8 heterocycles. The molecule has 9 aromatic rings. The summed E-state index contributed by atoms with van der Waals surface area (Å²) in [5.74, 6) is 1.22. The van der Waals surface area contributed by atoms with Gasteiger partial charge < -0.3 is 49.0 Å². The molecule has 3 aliphatic rings. The first kappa shape index (κ1) is 47.2. The molecule has 0 spiro atoms. The third-order valence-electron chi connectivity index (χ3n) is 14.2. The summed E-state index contributed by atoms with van der Waals surface area (Å²) in [5.41, 5.74) is 6.00. The standard InChI is InChI=1S/C55H56F2N14O3/c1-32(22-67(3)4)73-48-19-34(17-46-50(48)54(63-29-61-46)65-44-12-10-42-40(52(44)56)8-6-14-59-42)69-25-38-21-58-31-70(38)39(26-69)24-68(5)23-33(2)74-49-20-35(71-36-16-37(71)28-72-27-36)18-47-51(49)55(64-30-62-47)66-45-13-11-43-41(53(45)57)9-7-15-60-43/h6-15,17-21,29-33,36-37,39H,16,22-28H2,1-5H3,(H,61,63,65)(H,62,64,66)/t32-,33-,36?,37?,39?/m1/s1. The number of rotatable bonds is 16. The Morgan fingerprint density at radius 3 is 1.88 bits per heavy atom. The van der Waals surface area contributed by atoms with Crippen LogP contribution >= 0.6 is 0 Å². The molecule has 74 heavy (non-hydrogen) atoms. The third-order valence-corrected chi connectivity index (χ3v) is 14.2. The highest BCUT2D eigenvalue weighted by Crippen LogP contribution is 2.43. The second kappa shape index (κ2) is 19.5. The zero-order chi connectivity index (χ0) is 50.6. The van der Waals surface area contributed by atoms with E-state index in [4.69, 9.17) is 24.2 Å². The van der Waals surface area contributed by atoms with Crippen molar-refractivity contribution in [1.29, 1.82) is 0 Å². The summed E-state index contributed by atoms with van der Waals surface area (Å²) in [6.07, 6.45) is 10.7. The monoisotopic (exact) mass is 998 g/mol. The summed E-state index contributed by atoms with van der Waals surface area (Å²) < 4.78 is 53.8. The van der Waals surface area contributed by atoms with Crippen LogP contribution in [0.3, 0.4) is 0 Å². The van der Waals surface area contributed by atoms with E-state index in [0.717, 1.165) is 23.5 Å². The number of halogens is 2. The minimum Gasteiger partial charge on any atom is -0.488 e. The van der Waals surface area contributed by atoms with Crippen LogP contribution in [0.25, 0.3) is 43.6 Å². The second-order valence-corrected chi connectivity index (χ2v) is 20.0. The van der Waals surface area contributed by atoms with Crippen molar-refractivity contribution in [2.45, 2.75) is 57.1 Å². The maximum Gasteiger partial charge on any atom is 0.156 e. The first-order valence-electron chi connectivity index (χ1n) is 25.0. The summed E-state index contributed by atoms with van der Waals surface area (Å²) in [4.78, 5) is 41.1. The van der Waals surface area contributed by atoms with Crippen molar-refractivity contribution in [2.75, 3.05) is 81.0 Å². The Kier molecular flexibility index (Phi) is 12.4. The molecule has 3 unspecified atom stereocenters. The summed E-state index contributed by atoms with van der Waals surface area (Å²) >= 11 is 0. The van der Waals surface area contributed by atoms with Crippen molar-refractivity contribution in [1.82, 2.24) is 49.3 Å². The lowest BCUT2D eigenvalue weighted by molar-refractivity contribution is 0.0103. The molecule has 2 fully saturated rings. The highest BCUT2D eigenvalue weighted by Gasteiger charge is 2.43. The molecular formula is C55H56F2N14O3. The topological polar surface area (TPSA) is 160 Å². The number of fused-ring (bicyclic) bond motifs is 7. The molecule has 2 bridgehead atoms. The largest absolute Gasteiger partial charge is 0.488 e.